The standard InChI is InChI=1S/C18H29N5O3/c1-15-14-16(19-4-7-22-8-10-24-11-9-22)21-17(20-15)23-5-2-18(3-6-23)25-12-13-26-18/h14H,2-13H2,1H3,(H,19,20,21). The van der Waals surface area contributed by atoms with E-state index in [1.165, 1.54) is 0 Å². The Hall–Kier alpha value is -1.48. The molecule has 1 spiro atoms. The van der Waals surface area contributed by atoms with Crippen LogP contribution in [0.4, 0.5) is 11.8 Å². The topological polar surface area (TPSA) is 72.0 Å². The molecule has 0 saturated carbocycles. The summed E-state index contributed by atoms with van der Waals surface area (Å²) in [5, 5.41) is 3.45. The Labute approximate surface area is 154 Å². The highest BCUT2D eigenvalue weighted by molar-refractivity contribution is 5.44. The van der Waals surface area contributed by atoms with Crippen molar-refractivity contribution in [2.24, 2.45) is 0 Å². The fourth-order valence-electron chi connectivity index (χ4n) is 3.78. The molecule has 0 radical (unpaired) electrons. The fourth-order valence-corrected chi connectivity index (χ4v) is 3.78. The summed E-state index contributed by atoms with van der Waals surface area (Å²) >= 11 is 0. The summed E-state index contributed by atoms with van der Waals surface area (Å²) in [6.07, 6.45) is 1.73. The van der Waals surface area contributed by atoms with E-state index in [1.54, 1.807) is 0 Å². The maximum atomic E-state index is 5.81. The summed E-state index contributed by atoms with van der Waals surface area (Å²) in [5.74, 6) is 1.33. The second kappa shape index (κ2) is 8.04. The van der Waals surface area contributed by atoms with E-state index >= 15 is 0 Å². The molecular weight excluding hydrogens is 334 g/mol. The van der Waals surface area contributed by atoms with Gasteiger partial charge in [-0.1, -0.05) is 0 Å². The van der Waals surface area contributed by atoms with Crippen molar-refractivity contribution in [3.05, 3.63) is 11.8 Å². The van der Waals surface area contributed by atoms with Crippen molar-refractivity contribution >= 4 is 11.8 Å². The molecule has 1 aromatic rings. The molecule has 4 heterocycles. The summed E-state index contributed by atoms with van der Waals surface area (Å²) < 4.78 is 17.0. The van der Waals surface area contributed by atoms with Crippen LogP contribution in [0.25, 0.3) is 0 Å². The van der Waals surface area contributed by atoms with Crippen LogP contribution >= 0.6 is 0 Å². The molecule has 0 unspecified atom stereocenters. The van der Waals surface area contributed by atoms with Crippen molar-refractivity contribution < 1.29 is 14.2 Å². The largest absolute Gasteiger partial charge is 0.379 e. The van der Waals surface area contributed by atoms with E-state index in [4.69, 9.17) is 19.2 Å². The van der Waals surface area contributed by atoms with Gasteiger partial charge in [-0.05, 0) is 6.92 Å². The predicted molar refractivity (Wildman–Crippen MR) is 98.6 cm³/mol. The lowest BCUT2D eigenvalue weighted by molar-refractivity contribution is -0.169. The van der Waals surface area contributed by atoms with E-state index in [-0.39, 0.29) is 5.79 Å². The van der Waals surface area contributed by atoms with Crippen molar-refractivity contribution in [2.75, 3.05) is 75.9 Å². The highest BCUT2D eigenvalue weighted by Gasteiger charge is 2.40. The average molecular weight is 363 g/mol. The van der Waals surface area contributed by atoms with Gasteiger partial charge in [-0.25, -0.2) is 4.98 Å². The van der Waals surface area contributed by atoms with Crippen molar-refractivity contribution in [3.8, 4) is 0 Å². The molecular formula is C18H29N5O3. The lowest BCUT2D eigenvalue weighted by Gasteiger charge is -2.37. The van der Waals surface area contributed by atoms with E-state index in [0.29, 0.717) is 13.2 Å². The fraction of sp³-hybridized carbons (Fsp3) is 0.778. The Kier molecular flexibility index (Phi) is 5.54. The Morgan fingerprint density at radius 2 is 1.77 bits per heavy atom. The number of aryl methyl sites for hydroxylation is 1. The zero-order chi connectivity index (χ0) is 17.8. The number of nitrogens with zero attached hydrogens (tertiary/aromatic N) is 4. The Balaban J connectivity index is 1.32. The van der Waals surface area contributed by atoms with Gasteiger partial charge in [-0.3, -0.25) is 4.90 Å². The molecule has 3 aliphatic heterocycles. The van der Waals surface area contributed by atoms with E-state index in [1.807, 2.05) is 13.0 Å². The van der Waals surface area contributed by atoms with Gasteiger partial charge >= 0.3 is 0 Å². The van der Waals surface area contributed by atoms with Gasteiger partial charge in [0, 0.05) is 63.9 Å². The van der Waals surface area contributed by atoms with Crippen LogP contribution in [-0.4, -0.2) is 86.4 Å². The molecule has 1 N–H and O–H groups in total. The van der Waals surface area contributed by atoms with Gasteiger partial charge in [-0.2, -0.15) is 4.98 Å². The van der Waals surface area contributed by atoms with E-state index in [0.717, 1.165) is 82.8 Å². The average Bonchev–Trinajstić information content (AvgIpc) is 3.11. The van der Waals surface area contributed by atoms with Crippen LogP contribution < -0.4 is 10.2 Å². The van der Waals surface area contributed by atoms with Crippen molar-refractivity contribution in [1.29, 1.82) is 0 Å². The minimum atomic E-state index is -0.362. The molecule has 8 nitrogen and oxygen atoms in total. The lowest BCUT2D eigenvalue weighted by atomic mass is 10.0. The normalized spacial score (nSPS) is 23.5. The number of ether oxygens (including phenoxy) is 3. The van der Waals surface area contributed by atoms with Crippen LogP contribution in [0.5, 0.6) is 0 Å². The molecule has 3 aliphatic rings. The molecule has 3 saturated heterocycles. The van der Waals surface area contributed by atoms with Crippen molar-refractivity contribution in [1.82, 2.24) is 14.9 Å². The van der Waals surface area contributed by atoms with Crippen LogP contribution in [0.1, 0.15) is 18.5 Å². The van der Waals surface area contributed by atoms with E-state index < -0.39 is 0 Å². The summed E-state index contributed by atoms with van der Waals surface area (Å²) in [4.78, 5) is 14.0. The number of piperidine rings is 1. The molecule has 0 atom stereocenters. The molecule has 144 valence electrons. The Morgan fingerprint density at radius 3 is 2.50 bits per heavy atom. The summed E-state index contributed by atoms with van der Waals surface area (Å²) in [7, 11) is 0. The molecule has 8 heteroatoms. The molecule has 4 rings (SSSR count). The lowest BCUT2D eigenvalue weighted by Crippen LogP contribution is -2.45. The van der Waals surface area contributed by atoms with Gasteiger partial charge in [0.15, 0.2) is 5.79 Å². The Morgan fingerprint density at radius 1 is 1.04 bits per heavy atom. The van der Waals surface area contributed by atoms with Crippen LogP contribution in [0.15, 0.2) is 6.07 Å². The molecule has 0 bridgehead atoms. The minimum absolute atomic E-state index is 0.362. The number of rotatable bonds is 5. The van der Waals surface area contributed by atoms with Crippen LogP contribution in [0.3, 0.4) is 0 Å². The predicted octanol–water partition coefficient (Wildman–Crippen LogP) is 0.872. The van der Waals surface area contributed by atoms with Gasteiger partial charge in [0.2, 0.25) is 5.95 Å². The number of morpholine rings is 1. The minimum Gasteiger partial charge on any atom is -0.379 e. The van der Waals surface area contributed by atoms with Gasteiger partial charge in [0.05, 0.1) is 26.4 Å². The highest BCUT2D eigenvalue weighted by Crippen LogP contribution is 2.32. The SMILES string of the molecule is Cc1cc(NCCN2CCOCC2)nc(N2CCC3(CC2)OCCO3)n1. The number of hydrogen-bond donors (Lipinski definition) is 1. The monoisotopic (exact) mass is 363 g/mol. The molecule has 0 amide bonds. The number of aromatic nitrogens is 2. The maximum Gasteiger partial charge on any atom is 0.227 e. The second-order valence-corrected chi connectivity index (χ2v) is 7.17. The summed E-state index contributed by atoms with van der Waals surface area (Å²) in [6.45, 7) is 10.7. The van der Waals surface area contributed by atoms with Gasteiger partial charge in [-0.15, -0.1) is 0 Å². The van der Waals surface area contributed by atoms with Crippen LogP contribution in [0, 0.1) is 6.92 Å². The molecule has 3 fully saturated rings. The van der Waals surface area contributed by atoms with Crippen molar-refractivity contribution in [2.45, 2.75) is 25.6 Å². The number of nitrogens with one attached hydrogen (secondary N) is 1. The van der Waals surface area contributed by atoms with Gasteiger partial charge in [0.1, 0.15) is 5.82 Å². The first-order valence-corrected chi connectivity index (χ1v) is 9.65. The summed E-state index contributed by atoms with van der Waals surface area (Å²) in [6, 6.07) is 2.01. The van der Waals surface area contributed by atoms with E-state index in [9.17, 15) is 0 Å². The van der Waals surface area contributed by atoms with Gasteiger partial charge in [0.25, 0.3) is 0 Å². The second-order valence-electron chi connectivity index (χ2n) is 7.17. The number of anilines is 2. The van der Waals surface area contributed by atoms with E-state index in [2.05, 4.69) is 20.1 Å². The summed E-state index contributed by atoms with van der Waals surface area (Å²) in [5.41, 5.74) is 0.984. The van der Waals surface area contributed by atoms with Crippen LogP contribution in [-0.2, 0) is 14.2 Å². The third-order valence-electron chi connectivity index (χ3n) is 5.30. The zero-order valence-corrected chi connectivity index (χ0v) is 15.6. The quantitative estimate of drug-likeness (QED) is 0.826. The molecule has 0 aliphatic carbocycles. The van der Waals surface area contributed by atoms with Crippen molar-refractivity contribution in [3.63, 3.8) is 0 Å². The molecule has 1 aromatic heterocycles. The smallest absolute Gasteiger partial charge is 0.227 e. The third-order valence-corrected chi connectivity index (χ3v) is 5.30. The first kappa shape index (κ1) is 17.9. The van der Waals surface area contributed by atoms with Crippen LogP contribution in [0.2, 0.25) is 0 Å². The zero-order valence-electron chi connectivity index (χ0n) is 15.6. The molecule has 0 aromatic carbocycles. The maximum absolute atomic E-state index is 5.81. The first-order valence-electron chi connectivity index (χ1n) is 9.65. The highest BCUT2D eigenvalue weighted by atomic mass is 16.7. The molecule has 26 heavy (non-hydrogen) atoms. The first-order chi connectivity index (χ1) is 12.7. The van der Waals surface area contributed by atoms with Gasteiger partial charge < -0.3 is 24.4 Å². The third kappa shape index (κ3) is 4.25. The number of hydrogen-bond acceptors (Lipinski definition) is 8. The Bertz CT molecular complexity index is 592.